The highest BCUT2D eigenvalue weighted by molar-refractivity contribution is 6.05. The molecule has 4 saturated carbocycles. The summed E-state index contributed by atoms with van der Waals surface area (Å²) in [6, 6.07) is 5.26. The third-order valence-electron chi connectivity index (χ3n) is 6.70. The molecule has 28 heavy (non-hydrogen) atoms. The summed E-state index contributed by atoms with van der Waals surface area (Å²) in [6.45, 7) is 0. The molecule has 1 N–H and O–H groups in total. The molecule has 1 aromatic carbocycles. The van der Waals surface area contributed by atoms with Crippen molar-refractivity contribution in [2.75, 3.05) is 5.32 Å². The van der Waals surface area contributed by atoms with Crippen molar-refractivity contribution < 1.29 is 14.1 Å². The Hall–Kier alpha value is -2.77. The van der Waals surface area contributed by atoms with Gasteiger partial charge in [-0.3, -0.25) is 19.6 Å². The second kappa shape index (κ2) is 6.12. The molecule has 0 saturated heterocycles. The fraction of sp³-hybridized carbons (Fsp3) is 0.500. The highest BCUT2D eigenvalue weighted by atomic mass is 19.1. The molecule has 4 bridgehead atoms. The molecule has 1 aromatic heterocycles. The Balaban J connectivity index is 1.47. The van der Waals surface area contributed by atoms with Gasteiger partial charge >= 0.3 is 5.69 Å². The van der Waals surface area contributed by atoms with E-state index < -0.39 is 16.6 Å². The van der Waals surface area contributed by atoms with Crippen molar-refractivity contribution in [3.05, 3.63) is 52.1 Å². The quantitative estimate of drug-likeness (QED) is 0.634. The summed E-state index contributed by atoms with van der Waals surface area (Å²) in [5.74, 6) is 0.903. The molecule has 0 aliphatic heterocycles. The van der Waals surface area contributed by atoms with Crippen molar-refractivity contribution in [3.8, 4) is 0 Å². The monoisotopic (exact) mass is 384 g/mol. The van der Waals surface area contributed by atoms with Gasteiger partial charge in [0.2, 0.25) is 5.69 Å². The molecule has 4 aliphatic carbocycles. The van der Waals surface area contributed by atoms with Gasteiger partial charge < -0.3 is 5.32 Å². The Bertz CT molecular complexity index is 918. The van der Waals surface area contributed by atoms with Crippen LogP contribution < -0.4 is 5.32 Å². The van der Waals surface area contributed by atoms with Crippen molar-refractivity contribution in [1.29, 1.82) is 0 Å². The number of halogens is 1. The van der Waals surface area contributed by atoms with E-state index >= 15 is 0 Å². The number of hydrogen-bond donors (Lipinski definition) is 1. The number of nitrogens with zero attached hydrogens (tertiary/aromatic N) is 3. The molecular formula is C20H21FN4O3. The first kappa shape index (κ1) is 17.3. The second-order valence-electron chi connectivity index (χ2n) is 8.67. The number of amides is 1. The first-order valence-electron chi connectivity index (χ1n) is 9.73. The second-order valence-corrected chi connectivity index (χ2v) is 8.67. The van der Waals surface area contributed by atoms with E-state index in [1.807, 2.05) is 0 Å². The predicted molar refractivity (Wildman–Crippen MR) is 99.4 cm³/mol. The van der Waals surface area contributed by atoms with Crippen molar-refractivity contribution in [1.82, 2.24) is 9.78 Å². The van der Waals surface area contributed by atoms with Gasteiger partial charge in [0.05, 0.1) is 10.5 Å². The zero-order valence-electron chi connectivity index (χ0n) is 15.3. The van der Waals surface area contributed by atoms with Crippen LogP contribution in [0, 0.1) is 33.7 Å². The lowest BCUT2D eigenvalue weighted by Crippen LogP contribution is -2.52. The summed E-state index contributed by atoms with van der Waals surface area (Å²) in [5, 5.41) is 18.6. The number of benzene rings is 1. The summed E-state index contributed by atoms with van der Waals surface area (Å²) in [6.07, 6.45) is 8.14. The topological polar surface area (TPSA) is 90.1 Å². The van der Waals surface area contributed by atoms with Crippen LogP contribution in [0.25, 0.3) is 0 Å². The van der Waals surface area contributed by atoms with E-state index in [4.69, 9.17) is 0 Å². The van der Waals surface area contributed by atoms with Gasteiger partial charge in [-0.05, 0) is 80.5 Å². The van der Waals surface area contributed by atoms with Crippen LogP contribution in [0.3, 0.4) is 0 Å². The third kappa shape index (κ3) is 2.78. The van der Waals surface area contributed by atoms with Gasteiger partial charge in [0, 0.05) is 5.69 Å². The molecule has 0 radical (unpaired) electrons. The van der Waals surface area contributed by atoms with Crippen LogP contribution >= 0.6 is 0 Å². The number of nitrogens with one attached hydrogen (secondary N) is 1. The molecule has 0 spiro atoms. The largest absolute Gasteiger partial charge is 0.320 e. The van der Waals surface area contributed by atoms with Crippen LogP contribution in [0.1, 0.15) is 49.0 Å². The number of nitro groups is 1. The fourth-order valence-corrected chi connectivity index (χ4v) is 5.97. The average Bonchev–Trinajstić information content (AvgIpc) is 3.09. The molecule has 2 aromatic rings. The minimum atomic E-state index is -0.651. The molecule has 7 nitrogen and oxygen atoms in total. The number of carbonyl (C=O) groups is 1. The van der Waals surface area contributed by atoms with E-state index in [0.29, 0.717) is 23.4 Å². The number of anilines is 1. The number of rotatable bonds is 4. The van der Waals surface area contributed by atoms with E-state index in [2.05, 4.69) is 10.4 Å². The molecule has 6 rings (SSSR count). The minimum absolute atomic E-state index is 0.190. The smallest absolute Gasteiger partial charge is 0.320 e. The molecule has 1 heterocycles. The maximum atomic E-state index is 13.1. The van der Waals surface area contributed by atoms with Crippen LogP contribution in [-0.4, -0.2) is 20.6 Å². The number of carbonyl (C=O) groups excluding carboxylic acids is 1. The molecule has 4 aliphatic rings. The molecule has 146 valence electrons. The van der Waals surface area contributed by atoms with Gasteiger partial charge in [-0.25, -0.2) is 4.39 Å². The first-order chi connectivity index (χ1) is 13.4. The lowest BCUT2D eigenvalue weighted by molar-refractivity contribution is -0.385. The summed E-state index contributed by atoms with van der Waals surface area (Å²) in [7, 11) is 0. The van der Waals surface area contributed by atoms with Crippen molar-refractivity contribution in [2.45, 2.75) is 44.1 Å². The zero-order chi connectivity index (χ0) is 19.5. The van der Waals surface area contributed by atoms with Gasteiger partial charge in [-0.1, -0.05) is 0 Å². The van der Waals surface area contributed by atoms with Crippen LogP contribution in [-0.2, 0) is 5.54 Å². The van der Waals surface area contributed by atoms with Gasteiger partial charge in [-0.15, -0.1) is 0 Å². The van der Waals surface area contributed by atoms with Crippen LogP contribution in [0.2, 0.25) is 0 Å². The first-order valence-corrected chi connectivity index (χ1v) is 9.73. The summed E-state index contributed by atoms with van der Waals surface area (Å²) in [5.41, 5.74) is -0.307. The highest BCUT2D eigenvalue weighted by Crippen LogP contribution is 2.58. The van der Waals surface area contributed by atoms with E-state index in [-0.39, 0.29) is 16.9 Å². The fourth-order valence-electron chi connectivity index (χ4n) is 5.97. The normalized spacial score (nSPS) is 30.4. The van der Waals surface area contributed by atoms with Crippen molar-refractivity contribution in [3.63, 3.8) is 0 Å². The molecule has 4 fully saturated rings. The average molecular weight is 384 g/mol. The van der Waals surface area contributed by atoms with Gasteiger partial charge in [0.15, 0.2) is 0 Å². The zero-order valence-corrected chi connectivity index (χ0v) is 15.3. The molecular weight excluding hydrogens is 363 g/mol. The lowest BCUT2D eigenvalue weighted by Gasteiger charge is -2.56. The molecule has 8 heteroatoms. The van der Waals surface area contributed by atoms with E-state index in [9.17, 15) is 19.3 Å². The summed E-state index contributed by atoms with van der Waals surface area (Å²) < 4.78 is 14.8. The van der Waals surface area contributed by atoms with Crippen LogP contribution in [0.5, 0.6) is 0 Å². The Labute approximate surface area is 161 Å². The number of hydrogen-bond acceptors (Lipinski definition) is 4. The Morgan fingerprint density at radius 2 is 1.71 bits per heavy atom. The SMILES string of the molecule is O=C(Nc1ccc(F)cc1)c1nn(C23CC4CC(CC(C4)C2)C3)cc1[N+](=O)[O-]. The van der Waals surface area contributed by atoms with Crippen molar-refractivity contribution >= 4 is 17.3 Å². The summed E-state index contributed by atoms with van der Waals surface area (Å²) >= 11 is 0. The van der Waals surface area contributed by atoms with Crippen LogP contribution in [0.4, 0.5) is 15.8 Å². The Morgan fingerprint density at radius 1 is 1.14 bits per heavy atom. The summed E-state index contributed by atoms with van der Waals surface area (Å²) in [4.78, 5) is 23.7. The maximum absolute atomic E-state index is 13.1. The van der Waals surface area contributed by atoms with Gasteiger partial charge in [-0.2, -0.15) is 5.10 Å². The van der Waals surface area contributed by atoms with E-state index in [1.165, 1.54) is 49.7 Å². The highest BCUT2D eigenvalue weighted by Gasteiger charge is 2.53. The van der Waals surface area contributed by atoms with E-state index in [1.54, 1.807) is 4.68 Å². The molecule has 0 atom stereocenters. The molecule has 1 amide bonds. The van der Waals surface area contributed by atoms with Gasteiger partial charge in [0.1, 0.15) is 12.0 Å². The Kier molecular flexibility index (Phi) is 3.79. The number of aromatic nitrogens is 2. The van der Waals surface area contributed by atoms with E-state index in [0.717, 1.165) is 19.3 Å². The predicted octanol–water partition coefficient (Wildman–Crippen LogP) is 4.11. The third-order valence-corrected chi connectivity index (χ3v) is 6.70. The lowest BCUT2D eigenvalue weighted by atomic mass is 9.53. The van der Waals surface area contributed by atoms with Crippen LogP contribution in [0.15, 0.2) is 30.5 Å². The molecule has 0 unspecified atom stereocenters. The minimum Gasteiger partial charge on any atom is -0.320 e. The van der Waals surface area contributed by atoms with Gasteiger partial charge in [0.25, 0.3) is 5.91 Å². The van der Waals surface area contributed by atoms with Crippen molar-refractivity contribution in [2.24, 2.45) is 17.8 Å². The maximum Gasteiger partial charge on any atom is 0.320 e. The standard InChI is InChI=1S/C20H21FN4O3/c21-15-1-3-16(4-2-15)22-19(26)18-17(25(27)28)11-24(23-18)20-8-12-5-13(9-20)7-14(6-12)10-20/h1-4,11-14H,5-10H2,(H,22,26). The Morgan fingerprint density at radius 3 is 2.25 bits per heavy atom.